The van der Waals surface area contributed by atoms with E-state index < -0.39 is 0 Å². The van der Waals surface area contributed by atoms with Gasteiger partial charge in [0.15, 0.2) is 0 Å². The molecule has 1 saturated carbocycles. The summed E-state index contributed by atoms with van der Waals surface area (Å²) in [5, 5.41) is 9.27. The number of benzene rings is 2. The van der Waals surface area contributed by atoms with Crippen LogP contribution in [0.2, 0.25) is 0 Å². The highest BCUT2D eigenvalue weighted by atomic mass is 19.1. The Balaban J connectivity index is 1.60. The maximum absolute atomic E-state index is 14.4. The number of aliphatic hydroxyl groups excluding tert-OH is 1. The van der Waals surface area contributed by atoms with Crippen molar-refractivity contribution in [3.8, 4) is 5.75 Å². The van der Waals surface area contributed by atoms with E-state index >= 15 is 0 Å². The van der Waals surface area contributed by atoms with Crippen molar-refractivity contribution in [2.75, 3.05) is 26.7 Å². The molecule has 0 radical (unpaired) electrons. The van der Waals surface area contributed by atoms with Gasteiger partial charge in [0.1, 0.15) is 11.6 Å². The van der Waals surface area contributed by atoms with Crippen molar-refractivity contribution in [2.45, 2.75) is 38.7 Å². The minimum absolute atomic E-state index is 0.249. The lowest BCUT2D eigenvalue weighted by Crippen LogP contribution is -2.35. The lowest BCUT2D eigenvalue weighted by Gasteiger charge is -2.32. The van der Waals surface area contributed by atoms with E-state index in [1.807, 2.05) is 24.3 Å². The second-order valence-electron chi connectivity index (χ2n) is 7.50. The summed E-state index contributed by atoms with van der Waals surface area (Å²) in [6.45, 7) is 2.64. The summed E-state index contributed by atoms with van der Waals surface area (Å²) >= 11 is 0. The molecule has 4 heteroatoms. The van der Waals surface area contributed by atoms with Crippen LogP contribution in [0.15, 0.2) is 42.5 Å². The molecule has 1 aliphatic rings. The van der Waals surface area contributed by atoms with Crippen LogP contribution in [0.25, 0.3) is 0 Å². The Bertz CT molecular complexity index is 730. The van der Waals surface area contributed by atoms with E-state index in [9.17, 15) is 9.50 Å². The van der Waals surface area contributed by atoms with Gasteiger partial charge in [0.25, 0.3) is 0 Å². The second-order valence-corrected chi connectivity index (χ2v) is 7.50. The fraction of sp³-hybridized carbons (Fsp3) is 0.478. The third-order valence-corrected chi connectivity index (χ3v) is 5.62. The molecule has 0 amide bonds. The van der Waals surface area contributed by atoms with Gasteiger partial charge in [-0.1, -0.05) is 36.8 Å². The van der Waals surface area contributed by atoms with Gasteiger partial charge in [-0.05, 0) is 54.9 Å². The Kier molecular flexibility index (Phi) is 7.25. The number of halogens is 1. The first-order valence-electron chi connectivity index (χ1n) is 9.92. The summed E-state index contributed by atoms with van der Waals surface area (Å²) < 4.78 is 19.7. The van der Waals surface area contributed by atoms with Crippen LogP contribution >= 0.6 is 0 Å². The Morgan fingerprint density at radius 2 is 1.81 bits per heavy atom. The zero-order chi connectivity index (χ0) is 19.1. The van der Waals surface area contributed by atoms with Crippen LogP contribution in [0.5, 0.6) is 5.75 Å². The third-order valence-electron chi connectivity index (χ3n) is 5.62. The highest BCUT2D eigenvalue weighted by Gasteiger charge is 2.21. The molecule has 1 N–H and O–H groups in total. The molecule has 0 heterocycles. The number of ether oxygens (including phenoxy) is 1. The fourth-order valence-corrected chi connectivity index (χ4v) is 3.68. The van der Waals surface area contributed by atoms with Crippen LogP contribution < -0.4 is 4.74 Å². The van der Waals surface area contributed by atoms with E-state index in [4.69, 9.17) is 4.74 Å². The molecule has 2 aromatic carbocycles. The highest BCUT2D eigenvalue weighted by molar-refractivity contribution is 5.28. The average molecular weight is 371 g/mol. The quantitative estimate of drug-likeness (QED) is 0.679. The van der Waals surface area contributed by atoms with E-state index in [0.717, 1.165) is 37.7 Å². The molecule has 0 aromatic heterocycles. The molecule has 0 saturated heterocycles. The third kappa shape index (κ3) is 5.53. The van der Waals surface area contributed by atoms with E-state index in [2.05, 4.69) is 17.0 Å². The average Bonchev–Trinajstić information content (AvgIpc) is 2.67. The van der Waals surface area contributed by atoms with E-state index in [0.29, 0.717) is 17.5 Å². The fourth-order valence-electron chi connectivity index (χ4n) is 3.68. The van der Waals surface area contributed by atoms with Gasteiger partial charge < -0.3 is 14.7 Å². The lowest BCUT2D eigenvalue weighted by atomic mass is 9.85. The van der Waals surface area contributed by atoms with Crippen molar-refractivity contribution in [3.63, 3.8) is 0 Å². The molecular formula is C23H30FNO2. The highest BCUT2D eigenvalue weighted by Crippen LogP contribution is 2.27. The molecule has 0 spiro atoms. The second kappa shape index (κ2) is 9.86. The summed E-state index contributed by atoms with van der Waals surface area (Å²) in [6, 6.07) is 13.5. The van der Waals surface area contributed by atoms with Gasteiger partial charge in [0.2, 0.25) is 0 Å². The zero-order valence-electron chi connectivity index (χ0n) is 16.2. The van der Waals surface area contributed by atoms with Crippen LogP contribution in [-0.4, -0.2) is 36.8 Å². The van der Waals surface area contributed by atoms with Crippen molar-refractivity contribution in [1.29, 1.82) is 0 Å². The number of rotatable bonds is 10. The molecule has 27 heavy (non-hydrogen) atoms. The van der Waals surface area contributed by atoms with Gasteiger partial charge in [0.05, 0.1) is 13.7 Å². The molecule has 1 fully saturated rings. The lowest BCUT2D eigenvalue weighted by molar-refractivity contribution is 0.180. The van der Waals surface area contributed by atoms with Crippen molar-refractivity contribution < 1.29 is 14.2 Å². The molecular weight excluding hydrogens is 341 g/mol. The predicted molar refractivity (Wildman–Crippen MR) is 107 cm³/mol. The van der Waals surface area contributed by atoms with Gasteiger partial charge in [-0.15, -0.1) is 0 Å². The molecule has 3 nitrogen and oxygen atoms in total. The van der Waals surface area contributed by atoms with Crippen molar-refractivity contribution >= 4 is 0 Å². The van der Waals surface area contributed by atoms with Crippen molar-refractivity contribution in [2.24, 2.45) is 5.92 Å². The monoisotopic (exact) mass is 371 g/mol. The Morgan fingerprint density at radius 1 is 1.07 bits per heavy atom. The van der Waals surface area contributed by atoms with Crippen LogP contribution in [0.1, 0.15) is 36.0 Å². The van der Waals surface area contributed by atoms with Crippen LogP contribution in [0.3, 0.4) is 0 Å². The maximum atomic E-state index is 14.4. The Morgan fingerprint density at radius 3 is 2.52 bits per heavy atom. The van der Waals surface area contributed by atoms with E-state index in [1.54, 1.807) is 13.2 Å². The summed E-state index contributed by atoms with van der Waals surface area (Å²) in [5.41, 5.74) is 2.34. The largest absolute Gasteiger partial charge is 0.497 e. The summed E-state index contributed by atoms with van der Waals surface area (Å²) in [5.74, 6) is 1.42. The molecule has 0 bridgehead atoms. The first kappa shape index (κ1) is 19.8. The van der Waals surface area contributed by atoms with Crippen LogP contribution in [0.4, 0.5) is 4.39 Å². The van der Waals surface area contributed by atoms with Crippen LogP contribution in [0, 0.1) is 11.7 Å². The Hall–Kier alpha value is -1.91. The van der Waals surface area contributed by atoms with E-state index in [1.165, 1.54) is 24.8 Å². The number of aliphatic hydroxyl groups is 1. The number of nitrogens with zero attached hydrogens (tertiary/aromatic N) is 1. The SMILES string of the molecule is COc1cccc(CCN(CCc2cccc(CO)c2F)CC2CCC2)c1. The smallest absolute Gasteiger partial charge is 0.131 e. The standard InChI is InChI=1S/C23H30FNO2/c1-27-22-10-3-5-18(15-22)11-13-25(16-19-6-2-7-19)14-12-20-8-4-9-21(17-26)23(20)24/h3-5,8-10,15,19,26H,2,6-7,11-14,16-17H2,1H3. The van der Waals surface area contributed by atoms with Gasteiger partial charge >= 0.3 is 0 Å². The predicted octanol–water partition coefficient (Wildman–Crippen LogP) is 4.21. The molecule has 3 rings (SSSR count). The normalized spacial score (nSPS) is 14.4. The minimum Gasteiger partial charge on any atom is -0.497 e. The molecule has 146 valence electrons. The molecule has 2 aromatic rings. The first-order chi connectivity index (χ1) is 13.2. The zero-order valence-corrected chi connectivity index (χ0v) is 16.2. The number of hydrogen-bond acceptors (Lipinski definition) is 3. The summed E-state index contributed by atoms with van der Waals surface area (Å²) in [7, 11) is 1.69. The summed E-state index contributed by atoms with van der Waals surface area (Å²) in [4.78, 5) is 2.47. The molecule has 0 aliphatic heterocycles. The molecule has 1 aliphatic carbocycles. The maximum Gasteiger partial charge on any atom is 0.131 e. The molecule has 0 unspecified atom stereocenters. The Labute approximate surface area is 161 Å². The number of hydrogen-bond donors (Lipinski definition) is 1. The van der Waals surface area contributed by atoms with Gasteiger partial charge in [0, 0.05) is 25.2 Å². The van der Waals surface area contributed by atoms with Gasteiger partial charge in [-0.25, -0.2) is 4.39 Å². The topological polar surface area (TPSA) is 32.7 Å². The van der Waals surface area contributed by atoms with Gasteiger partial charge in [-0.2, -0.15) is 0 Å². The van der Waals surface area contributed by atoms with Gasteiger partial charge in [-0.3, -0.25) is 0 Å². The summed E-state index contributed by atoms with van der Waals surface area (Å²) in [6.07, 6.45) is 5.59. The van der Waals surface area contributed by atoms with Crippen LogP contribution in [-0.2, 0) is 19.4 Å². The van der Waals surface area contributed by atoms with E-state index in [-0.39, 0.29) is 12.4 Å². The minimum atomic E-state index is -0.253. The van der Waals surface area contributed by atoms with Crippen molar-refractivity contribution in [1.82, 2.24) is 4.90 Å². The van der Waals surface area contributed by atoms with Crippen molar-refractivity contribution in [3.05, 3.63) is 65.0 Å². The molecule has 0 atom stereocenters. The number of methoxy groups -OCH3 is 1. The first-order valence-corrected chi connectivity index (χ1v) is 9.92.